The lowest BCUT2D eigenvalue weighted by Gasteiger charge is -2.15. The fourth-order valence-corrected chi connectivity index (χ4v) is 2.41. The second-order valence-corrected chi connectivity index (χ2v) is 5.86. The zero-order valence-corrected chi connectivity index (χ0v) is 14.2. The fourth-order valence-electron chi connectivity index (χ4n) is 2.41. The van der Waals surface area contributed by atoms with Crippen molar-refractivity contribution < 1.29 is 14.3 Å². The van der Waals surface area contributed by atoms with Crippen LogP contribution < -0.4 is 14.8 Å². The largest absolute Gasteiger partial charge is 0.489 e. The molecule has 3 aromatic rings. The number of carbonyl (C=O) groups is 1. The van der Waals surface area contributed by atoms with Crippen LogP contribution in [0, 0.1) is 0 Å². The van der Waals surface area contributed by atoms with Gasteiger partial charge in [-0.1, -0.05) is 18.2 Å². The molecule has 0 bridgehead atoms. The molecule has 5 nitrogen and oxygen atoms in total. The Morgan fingerprint density at radius 3 is 2.80 bits per heavy atom. The predicted molar refractivity (Wildman–Crippen MR) is 98.1 cm³/mol. The topological polar surface area (TPSA) is 60.5 Å². The van der Waals surface area contributed by atoms with E-state index in [2.05, 4.69) is 10.3 Å². The highest BCUT2D eigenvalue weighted by molar-refractivity contribution is 5.93. The van der Waals surface area contributed by atoms with Crippen molar-refractivity contribution in [1.82, 2.24) is 4.98 Å². The second-order valence-electron chi connectivity index (χ2n) is 5.86. The number of rotatable bonds is 6. The first-order valence-corrected chi connectivity index (χ1v) is 8.15. The van der Waals surface area contributed by atoms with Gasteiger partial charge in [0.25, 0.3) is 5.91 Å². The lowest BCUT2D eigenvalue weighted by Crippen LogP contribution is -2.21. The molecular formula is C20H20N2O3. The van der Waals surface area contributed by atoms with E-state index in [0.717, 1.165) is 10.9 Å². The van der Waals surface area contributed by atoms with Crippen LogP contribution in [-0.4, -0.2) is 23.6 Å². The van der Waals surface area contributed by atoms with Crippen molar-refractivity contribution in [2.75, 3.05) is 11.9 Å². The van der Waals surface area contributed by atoms with E-state index in [4.69, 9.17) is 9.47 Å². The summed E-state index contributed by atoms with van der Waals surface area (Å²) in [7, 11) is 0. The maximum Gasteiger partial charge on any atom is 0.262 e. The van der Waals surface area contributed by atoms with Crippen molar-refractivity contribution >= 4 is 22.5 Å². The Bertz CT molecular complexity index is 877. The minimum atomic E-state index is -0.244. The number of pyridine rings is 1. The maximum absolute atomic E-state index is 12.2. The van der Waals surface area contributed by atoms with Crippen molar-refractivity contribution in [3.63, 3.8) is 0 Å². The van der Waals surface area contributed by atoms with Gasteiger partial charge < -0.3 is 14.8 Å². The lowest BCUT2D eigenvalue weighted by molar-refractivity contribution is -0.118. The average molecular weight is 336 g/mol. The highest BCUT2D eigenvalue weighted by atomic mass is 16.5. The third kappa shape index (κ3) is 4.47. The third-order valence-corrected chi connectivity index (χ3v) is 3.47. The Kier molecular flexibility index (Phi) is 5.14. The number of benzene rings is 2. The average Bonchev–Trinajstić information content (AvgIpc) is 2.61. The molecule has 0 saturated heterocycles. The zero-order chi connectivity index (χ0) is 17.6. The van der Waals surface area contributed by atoms with Gasteiger partial charge in [0.05, 0.1) is 17.3 Å². The molecule has 0 saturated carbocycles. The Balaban J connectivity index is 1.63. The van der Waals surface area contributed by atoms with E-state index in [1.54, 1.807) is 18.3 Å². The van der Waals surface area contributed by atoms with E-state index in [1.165, 1.54) is 0 Å². The van der Waals surface area contributed by atoms with Crippen molar-refractivity contribution in [3.8, 4) is 11.5 Å². The number of carbonyl (C=O) groups excluding carboxylic acids is 1. The minimum absolute atomic E-state index is 0.0283. The van der Waals surface area contributed by atoms with Gasteiger partial charge in [-0.3, -0.25) is 9.78 Å². The first-order valence-electron chi connectivity index (χ1n) is 8.15. The molecule has 128 valence electrons. The molecule has 0 atom stereocenters. The Hall–Kier alpha value is -3.08. The Labute approximate surface area is 146 Å². The summed E-state index contributed by atoms with van der Waals surface area (Å²) in [5.74, 6) is 1.02. The quantitative estimate of drug-likeness (QED) is 0.738. The number of hydrogen-bond donors (Lipinski definition) is 1. The first-order chi connectivity index (χ1) is 12.1. The van der Waals surface area contributed by atoms with Gasteiger partial charge >= 0.3 is 0 Å². The van der Waals surface area contributed by atoms with Crippen LogP contribution >= 0.6 is 0 Å². The van der Waals surface area contributed by atoms with Crippen LogP contribution in [0.25, 0.3) is 10.9 Å². The molecular weight excluding hydrogens is 316 g/mol. The molecule has 1 amide bonds. The summed E-state index contributed by atoms with van der Waals surface area (Å²) < 4.78 is 11.3. The molecule has 1 heterocycles. The molecule has 0 aliphatic rings. The van der Waals surface area contributed by atoms with Crippen molar-refractivity contribution in [3.05, 3.63) is 60.8 Å². The molecule has 2 aromatic carbocycles. The Morgan fingerprint density at radius 1 is 1.12 bits per heavy atom. The number of nitrogens with one attached hydrogen (secondary N) is 1. The van der Waals surface area contributed by atoms with Crippen molar-refractivity contribution in [2.45, 2.75) is 20.0 Å². The fraction of sp³-hybridized carbons (Fsp3) is 0.200. The normalized spacial score (nSPS) is 10.7. The van der Waals surface area contributed by atoms with Crippen LogP contribution in [0.1, 0.15) is 13.8 Å². The number of fused-ring (bicyclic) bond motifs is 1. The molecule has 3 rings (SSSR count). The number of ether oxygens (including phenoxy) is 2. The number of hydrogen-bond acceptors (Lipinski definition) is 4. The molecule has 0 fully saturated rings. The summed E-state index contributed by atoms with van der Waals surface area (Å²) in [6.07, 6.45) is 1.77. The number of nitrogens with zero attached hydrogens (tertiary/aromatic N) is 1. The van der Waals surface area contributed by atoms with Crippen LogP contribution in [0.3, 0.4) is 0 Å². The van der Waals surface area contributed by atoms with Crippen LogP contribution in [0.5, 0.6) is 11.5 Å². The SMILES string of the molecule is CC(C)Oc1ccccc1NC(=O)COc1ccc2ncccc2c1. The third-order valence-electron chi connectivity index (χ3n) is 3.47. The summed E-state index contributed by atoms with van der Waals surface area (Å²) in [6.45, 7) is 3.80. The van der Waals surface area contributed by atoms with Gasteiger partial charge in [-0.25, -0.2) is 0 Å². The standard InChI is InChI=1S/C20H20N2O3/c1-14(2)25-19-8-4-3-7-18(19)22-20(23)13-24-16-9-10-17-15(12-16)6-5-11-21-17/h3-12,14H,13H2,1-2H3,(H,22,23). The van der Waals surface area contributed by atoms with Gasteiger partial charge in [0.15, 0.2) is 6.61 Å². The molecule has 25 heavy (non-hydrogen) atoms. The number of aromatic nitrogens is 1. The van der Waals surface area contributed by atoms with E-state index in [9.17, 15) is 4.79 Å². The van der Waals surface area contributed by atoms with E-state index in [-0.39, 0.29) is 18.6 Å². The minimum Gasteiger partial charge on any atom is -0.489 e. The maximum atomic E-state index is 12.2. The van der Waals surface area contributed by atoms with E-state index >= 15 is 0 Å². The zero-order valence-electron chi connectivity index (χ0n) is 14.2. The van der Waals surface area contributed by atoms with Gasteiger partial charge in [-0.2, -0.15) is 0 Å². The van der Waals surface area contributed by atoms with Crippen LogP contribution in [0.4, 0.5) is 5.69 Å². The smallest absolute Gasteiger partial charge is 0.262 e. The number of amides is 1. The molecule has 0 aliphatic carbocycles. The van der Waals surface area contributed by atoms with Crippen molar-refractivity contribution in [2.24, 2.45) is 0 Å². The molecule has 0 radical (unpaired) electrons. The Morgan fingerprint density at radius 2 is 1.96 bits per heavy atom. The molecule has 1 aromatic heterocycles. The summed E-state index contributed by atoms with van der Waals surface area (Å²) in [4.78, 5) is 16.4. The molecule has 0 aliphatic heterocycles. The summed E-state index contributed by atoms with van der Waals surface area (Å²) in [5.41, 5.74) is 1.52. The van der Waals surface area contributed by atoms with E-state index in [1.807, 2.05) is 56.3 Å². The van der Waals surface area contributed by atoms with Gasteiger partial charge in [-0.15, -0.1) is 0 Å². The molecule has 1 N–H and O–H groups in total. The van der Waals surface area contributed by atoms with E-state index in [0.29, 0.717) is 17.2 Å². The second kappa shape index (κ2) is 7.66. The number of para-hydroxylation sites is 2. The van der Waals surface area contributed by atoms with Crippen LogP contribution in [-0.2, 0) is 4.79 Å². The van der Waals surface area contributed by atoms with Gasteiger partial charge in [0.1, 0.15) is 11.5 Å². The lowest BCUT2D eigenvalue weighted by atomic mass is 10.2. The van der Waals surface area contributed by atoms with Crippen LogP contribution in [0.15, 0.2) is 60.8 Å². The predicted octanol–water partition coefficient (Wildman–Crippen LogP) is 4.04. The summed E-state index contributed by atoms with van der Waals surface area (Å²) >= 11 is 0. The number of anilines is 1. The molecule has 0 unspecified atom stereocenters. The molecule has 5 heteroatoms. The molecule has 0 spiro atoms. The van der Waals surface area contributed by atoms with Gasteiger partial charge in [0.2, 0.25) is 0 Å². The van der Waals surface area contributed by atoms with E-state index < -0.39 is 0 Å². The van der Waals surface area contributed by atoms with Crippen molar-refractivity contribution in [1.29, 1.82) is 0 Å². The summed E-state index contributed by atoms with van der Waals surface area (Å²) in [5, 5.41) is 3.79. The highest BCUT2D eigenvalue weighted by Crippen LogP contribution is 2.25. The van der Waals surface area contributed by atoms with Crippen LogP contribution in [0.2, 0.25) is 0 Å². The highest BCUT2D eigenvalue weighted by Gasteiger charge is 2.09. The monoisotopic (exact) mass is 336 g/mol. The summed E-state index contributed by atoms with van der Waals surface area (Å²) in [6, 6.07) is 16.7. The van der Waals surface area contributed by atoms with Gasteiger partial charge in [0, 0.05) is 11.6 Å². The van der Waals surface area contributed by atoms with Gasteiger partial charge in [-0.05, 0) is 50.2 Å². The first kappa shape index (κ1) is 16.8.